The van der Waals surface area contributed by atoms with Crippen molar-refractivity contribution in [2.45, 2.75) is 39.3 Å². The van der Waals surface area contributed by atoms with Gasteiger partial charge in [0.15, 0.2) is 0 Å². The van der Waals surface area contributed by atoms with Crippen molar-refractivity contribution in [3.63, 3.8) is 0 Å². The molecule has 0 fully saturated rings. The second-order valence-corrected chi connectivity index (χ2v) is 5.52. The van der Waals surface area contributed by atoms with Crippen LogP contribution in [-0.2, 0) is 6.42 Å². The van der Waals surface area contributed by atoms with Crippen LogP contribution in [0.15, 0.2) is 11.4 Å². The molecule has 2 heterocycles. The Morgan fingerprint density at radius 2 is 2.38 bits per heavy atom. The van der Waals surface area contributed by atoms with Crippen LogP contribution < -0.4 is 5.32 Å². The number of hydrogen-bond acceptors (Lipinski definition) is 2. The highest BCUT2D eigenvalue weighted by Gasteiger charge is 2.28. The van der Waals surface area contributed by atoms with Gasteiger partial charge < -0.3 is 10.2 Å². The SMILES string of the molecule is CC(C)NC(=O)N1CCc2sccc2[C@@H]1C. The molecule has 1 N–H and O–H groups in total. The van der Waals surface area contributed by atoms with Crippen LogP contribution in [0.25, 0.3) is 0 Å². The highest BCUT2D eigenvalue weighted by Crippen LogP contribution is 2.32. The maximum absolute atomic E-state index is 12.0. The molecule has 2 rings (SSSR count). The molecule has 1 aliphatic rings. The molecule has 1 aliphatic heterocycles. The van der Waals surface area contributed by atoms with E-state index in [1.54, 1.807) is 11.3 Å². The van der Waals surface area contributed by atoms with E-state index in [4.69, 9.17) is 0 Å². The molecule has 88 valence electrons. The zero-order valence-electron chi connectivity index (χ0n) is 9.99. The fourth-order valence-electron chi connectivity index (χ4n) is 2.12. The molecule has 3 nitrogen and oxygen atoms in total. The molecule has 1 aromatic rings. The predicted octanol–water partition coefficient (Wildman–Crippen LogP) is 2.79. The van der Waals surface area contributed by atoms with Gasteiger partial charge in [0.1, 0.15) is 0 Å². The number of carbonyl (C=O) groups excluding carboxylic acids is 1. The van der Waals surface area contributed by atoms with Gasteiger partial charge in [0.2, 0.25) is 0 Å². The molecule has 0 aromatic carbocycles. The summed E-state index contributed by atoms with van der Waals surface area (Å²) in [7, 11) is 0. The van der Waals surface area contributed by atoms with Gasteiger partial charge in [-0.1, -0.05) is 0 Å². The van der Waals surface area contributed by atoms with Crippen LogP contribution in [0.5, 0.6) is 0 Å². The van der Waals surface area contributed by atoms with Gasteiger partial charge >= 0.3 is 6.03 Å². The molecule has 1 aromatic heterocycles. The minimum atomic E-state index is 0.0550. The minimum Gasteiger partial charge on any atom is -0.336 e. The summed E-state index contributed by atoms with van der Waals surface area (Å²) in [6.07, 6.45) is 0.989. The molecule has 1 atom stereocenters. The number of nitrogens with one attached hydrogen (secondary N) is 1. The van der Waals surface area contributed by atoms with Crippen LogP contribution in [0.1, 0.15) is 37.3 Å². The average molecular weight is 238 g/mol. The first-order valence-electron chi connectivity index (χ1n) is 5.73. The van der Waals surface area contributed by atoms with E-state index < -0.39 is 0 Å². The molecule has 0 spiro atoms. The van der Waals surface area contributed by atoms with Gasteiger partial charge in [-0.2, -0.15) is 0 Å². The Kier molecular flexibility index (Phi) is 3.19. The summed E-state index contributed by atoms with van der Waals surface area (Å²) in [6.45, 7) is 6.91. The topological polar surface area (TPSA) is 32.3 Å². The summed E-state index contributed by atoms with van der Waals surface area (Å²) in [4.78, 5) is 15.3. The lowest BCUT2D eigenvalue weighted by Crippen LogP contribution is -2.46. The molecular formula is C12H18N2OS. The number of fused-ring (bicyclic) bond motifs is 1. The predicted molar refractivity (Wildman–Crippen MR) is 66.8 cm³/mol. The Bertz CT molecular complexity index is 386. The molecule has 4 heteroatoms. The number of amides is 2. The van der Waals surface area contributed by atoms with E-state index in [0.29, 0.717) is 0 Å². The third kappa shape index (κ3) is 2.07. The fourth-order valence-corrected chi connectivity index (χ4v) is 3.08. The normalized spacial score (nSPS) is 19.8. The smallest absolute Gasteiger partial charge is 0.318 e. The average Bonchev–Trinajstić information content (AvgIpc) is 2.65. The molecule has 16 heavy (non-hydrogen) atoms. The molecule has 0 saturated heterocycles. The highest BCUT2D eigenvalue weighted by molar-refractivity contribution is 7.10. The Morgan fingerprint density at radius 1 is 1.62 bits per heavy atom. The second kappa shape index (κ2) is 4.45. The van der Waals surface area contributed by atoms with E-state index in [1.807, 2.05) is 18.7 Å². The summed E-state index contributed by atoms with van der Waals surface area (Å²) in [5, 5.41) is 5.07. The largest absolute Gasteiger partial charge is 0.336 e. The summed E-state index contributed by atoms with van der Waals surface area (Å²) in [6, 6.07) is 2.59. The van der Waals surface area contributed by atoms with Gasteiger partial charge in [-0.05, 0) is 44.2 Å². The third-order valence-corrected chi connectivity index (χ3v) is 3.95. The lowest BCUT2D eigenvalue weighted by Gasteiger charge is -2.34. The molecule has 0 bridgehead atoms. The third-order valence-electron chi connectivity index (χ3n) is 2.95. The molecule has 0 radical (unpaired) electrons. The van der Waals surface area contributed by atoms with E-state index in [1.165, 1.54) is 10.4 Å². The number of rotatable bonds is 1. The van der Waals surface area contributed by atoms with Gasteiger partial charge in [0.05, 0.1) is 6.04 Å². The quantitative estimate of drug-likeness (QED) is 0.801. The van der Waals surface area contributed by atoms with E-state index in [-0.39, 0.29) is 18.1 Å². The van der Waals surface area contributed by atoms with Crippen molar-refractivity contribution in [2.75, 3.05) is 6.54 Å². The van der Waals surface area contributed by atoms with Crippen molar-refractivity contribution in [2.24, 2.45) is 0 Å². The van der Waals surface area contributed by atoms with Crippen LogP contribution in [0.4, 0.5) is 4.79 Å². The van der Waals surface area contributed by atoms with Crippen molar-refractivity contribution in [3.05, 3.63) is 21.9 Å². The summed E-state index contributed by atoms with van der Waals surface area (Å²) >= 11 is 1.80. The summed E-state index contributed by atoms with van der Waals surface area (Å²) in [5.41, 5.74) is 1.31. The van der Waals surface area contributed by atoms with Crippen molar-refractivity contribution in [1.29, 1.82) is 0 Å². The Balaban J connectivity index is 2.12. The van der Waals surface area contributed by atoms with Gasteiger partial charge in [-0.3, -0.25) is 0 Å². The summed E-state index contributed by atoms with van der Waals surface area (Å²) in [5.74, 6) is 0. The van der Waals surface area contributed by atoms with Gasteiger partial charge in [-0.15, -0.1) is 11.3 Å². The van der Waals surface area contributed by atoms with E-state index >= 15 is 0 Å². The highest BCUT2D eigenvalue weighted by atomic mass is 32.1. The van der Waals surface area contributed by atoms with E-state index in [0.717, 1.165) is 13.0 Å². The van der Waals surface area contributed by atoms with Crippen molar-refractivity contribution in [1.82, 2.24) is 10.2 Å². The van der Waals surface area contributed by atoms with Crippen LogP contribution in [0.3, 0.4) is 0 Å². The minimum absolute atomic E-state index is 0.0550. The number of carbonyl (C=O) groups is 1. The zero-order valence-corrected chi connectivity index (χ0v) is 10.8. The maximum atomic E-state index is 12.0. The Labute approximate surface area is 100 Å². The first-order valence-corrected chi connectivity index (χ1v) is 6.61. The first kappa shape index (κ1) is 11.5. The number of hydrogen-bond donors (Lipinski definition) is 1. The number of nitrogens with zero attached hydrogens (tertiary/aromatic N) is 1. The number of urea groups is 1. The first-order chi connectivity index (χ1) is 7.59. The number of thiophene rings is 1. The van der Waals surface area contributed by atoms with Crippen LogP contribution in [0.2, 0.25) is 0 Å². The Hall–Kier alpha value is -1.03. The van der Waals surface area contributed by atoms with Gasteiger partial charge in [0, 0.05) is 17.5 Å². The molecular weight excluding hydrogens is 220 g/mol. The molecule has 0 saturated carbocycles. The maximum Gasteiger partial charge on any atom is 0.318 e. The van der Waals surface area contributed by atoms with Gasteiger partial charge in [0.25, 0.3) is 0 Å². The second-order valence-electron chi connectivity index (χ2n) is 4.52. The van der Waals surface area contributed by atoms with E-state index in [9.17, 15) is 4.79 Å². The van der Waals surface area contributed by atoms with Crippen LogP contribution in [-0.4, -0.2) is 23.5 Å². The van der Waals surface area contributed by atoms with Crippen molar-refractivity contribution < 1.29 is 4.79 Å². The lowest BCUT2D eigenvalue weighted by atomic mass is 10.0. The Morgan fingerprint density at radius 3 is 3.06 bits per heavy atom. The standard InChI is InChI=1S/C12H18N2OS/c1-8(2)13-12(15)14-6-4-11-10(9(14)3)5-7-16-11/h5,7-9H,4,6H2,1-3H3,(H,13,15)/t9-/m0/s1. The monoisotopic (exact) mass is 238 g/mol. The zero-order chi connectivity index (χ0) is 11.7. The molecule has 2 amide bonds. The lowest BCUT2D eigenvalue weighted by molar-refractivity contribution is 0.173. The van der Waals surface area contributed by atoms with Gasteiger partial charge in [-0.25, -0.2) is 4.79 Å². The fraction of sp³-hybridized carbons (Fsp3) is 0.583. The van der Waals surface area contributed by atoms with Crippen LogP contribution >= 0.6 is 11.3 Å². The molecule has 0 aliphatic carbocycles. The summed E-state index contributed by atoms with van der Waals surface area (Å²) < 4.78 is 0. The van der Waals surface area contributed by atoms with E-state index in [2.05, 4.69) is 23.7 Å². The van der Waals surface area contributed by atoms with Crippen LogP contribution in [0, 0.1) is 0 Å². The van der Waals surface area contributed by atoms with Crippen molar-refractivity contribution in [3.8, 4) is 0 Å². The molecule has 0 unspecified atom stereocenters. The van der Waals surface area contributed by atoms with Crippen molar-refractivity contribution >= 4 is 17.4 Å².